The van der Waals surface area contributed by atoms with Crippen LogP contribution in [0.25, 0.3) is 0 Å². The molecule has 1 saturated heterocycles. The Bertz CT molecular complexity index is 599. The van der Waals surface area contributed by atoms with Crippen molar-refractivity contribution in [2.45, 2.75) is 83.8 Å². The van der Waals surface area contributed by atoms with Crippen LogP contribution in [0.3, 0.4) is 0 Å². The minimum Gasteiger partial charge on any atom is -0.481 e. The van der Waals surface area contributed by atoms with Crippen molar-refractivity contribution in [1.82, 2.24) is 0 Å². The fourth-order valence-electron chi connectivity index (χ4n) is 6.45. The maximum atomic E-state index is 12.1. The molecular weight excluding hydrogens is 304 g/mol. The number of rotatable bonds is 2. The molecule has 4 nitrogen and oxygen atoms in total. The third-order valence-corrected chi connectivity index (χ3v) is 8.17. The summed E-state index contributed by atoms with van der Waals surface area (Å²) in [5.74, 6) is -0.127. The first-order chi connectivity index (χ1) is 11.2. The van der Waals surface area contributed by atoms with E-state index in [2.05, 4.69) is 26.8 Å². The molecule has 5 aliphatic rings. The third kappa shape index (κ3) is 1.74. The van der Waals surface area contributed by atoms with E-state index in [0.717, 1.165) is 44.9 Å². The molecule has 2 bridgehead atoms. The molecule has 5 atom stereocenters. The summed E-state index contributed by atoms with van der Waals surface area (Å²) in [6.45, 7) is 8.60. The van der Waals surface area contributed by atoms with Gasteiger partial charge in [0.25, 0.3) is 0 Å². The van der Waals surface area contributed by atoms with Crippen molar-refractivity contribution < 1.29 is 19.7 Å². The SMILES string of the molecule is CC(C)C12C=C3CC[C@H]4[C@](C)(C(=O)O)CCC[C@]4(C)[C@]3(CC1)OO2. The van der Waals surface area contributed by atoms with Gasteiger partial charge in [0.05, 0.1) is 5.41 Å². The fourth-order valence-corrected chi connectivity index (χ4v) is 6.45. The zero-order valence-electron chi connectivity index (χ0n) is 15.4. The smallest absolute Gasteiger partial charge is 0.309 e. The summed E-state index contributed by atoms with van der Waals surface area (Å²) in [6, 6.07) is 0. The lowest BCUT2D eigenvalue weighted by Crippen LogP contribution is -2.68. The van der Waals surface area contributed by atoms with Gasteiger partial charge in [-0.05, 0) is 68.9 Å². The number of carboxylic acids is 1. The van der Waals surface area contributed by atoms with Crippen LogP contribution in [0.2, 0.25) is 0 Å². The first-order valence-electron chi connectivity index (χ1n) is 9.53. The Morgan fingerprint density at radius 2 is 1.96 bits per heavy atom. The molecule has 1 unspecified atom stereocenters. The Labute approximate surface area is 144 Å². The normalized spacial score (nSPS) is 50.2. The van der Waals surface area contributed by atoms with E-state index in [-0.39, 0.29) is 16.9 Å². The second kappa shape index (κ2) is 4.85. The molecule has 4 heteroatoms. The van der Waals surface area contributed by atoms with E-state index in [1.54, 1.807) is 0 Å². The van der Waals surface area contributed by atoms with Crippen LogP contribution >= 0.6 is 0 Å². The molecule has 0 aromatic carbocycles. The molecule has 24 heavy (non-hydrogen) atoms. The summed E-state index contributed by atoms with van der Waals surface area (Å²) in [4.78, 5) is 24.3. The van der Waals surface area contributed by atoms with Crippen molar-refractivity contribution in [3.63, 3.8) is 0 Å². The van der Waals surface area contributed by atoms with Crippen LogP contribution in [0, 0.1) is 22.7 Å². The zero-order valence-corrected chi connectivity index (χ0v) is 15.4. The fraction of sp³-hybridized carbons (Fsp3) is 0.850. The summed E-state index contributed by atoms with van der Waals surface area (Å²) < 4.78 is 0. The van der Waals surface area contributed by atoms with Crippen LogP contribution in [0.1, 0.15) is 72.6 Å². The molecule has 0 amide bonds. The van der Waals surface area contributed by atoms with Gasteiger partial charge in [-0.3, -0.25) is 4.79 Å². The highest BCUT2D eigenvalue weighted by atomic mass is 17.2. The highest BCUT2D eigenvalue weighted by Crippen LogP contribution is 2.68. The van der Waals surface area contributed by atoms with Crippen molar-refractivity contribution in [1.29, 1.82) is 0 Å². The molecule has 1 spiro atoms. The Morgan fingerprint density at radius 1 is 1.21 bits per heavy atom. The van der Waals surface area contributed by atoms with Crippen molar-refractivity contribution in [2.75, 3.05) is 0 Å². The predicted molar refractivity (Wildman–Crippen MR) is 90.2 cm³/mol. The average Bonchev–Trinajstić information content (AvgIpc) is 2.55. The van der Waals surface area contributed by atoms with Gasteiger partial charge in [0.2, 0.25) is 0 Å². The molecule has 3 fully saturated rings. The van der Waals surface area contributed by atoms with Crippen LogP contribution in [0.5, 0.6) is 0 Å². The molecule has 2 heterocycles. The third-order valence-electron chi connectivity index (χ3n) is 8.17. The van der Waals surface area contributed by atoms with E-state index in [0.29, 0.717) is 5.92 Å². The lowest BCUT2D eigenvalue weighted by atomic mass is 9.43. The first kappa shape index (κ1) is 16.6. The van der Waals surface area contributed by atoms with Gasteiger partial charge in [-0.15, -0.1) is 0 Å². The largest absolute Gasteiger partial charge is 0.481 e. The second-order valence-electron chi connectivity index (χ2n) is 9.36. The minimum absolute atomic E-state index is 0.140. The van der Waals surface area contributed by atoms with Gasteiger partial charge >= 0.3 is 5.97 Å². The molecule has 2 aliphatic heterocycles. The van der Waals surface area contributed by atoms with E-state index >= 15 is 0 Å². The van der Waals surface area contributed by atoms with Crippen molar-refractivity contribution in [2.24, 2.45) is 22.7 Å². The van der Waals surface area contributed by atoms with E-state index in [9.17, 15) is 9.90 Å². The Morgan fingerprint density at radius 3 is 2.54 bits per heavy atom. The number of carboxylic acid groups (broad SMARTS) is 1. The summed E-state index contributed by atoms with van der Waals surface area (Å²) in [7, 11) is 0. The quantitative estimate of drug-likeness (QED) is 0.597. The molecule has 134 valence electrons. The van der Waals surface area contributed by atoms with Crippen molar-refractivity contribution >= 4 is 5.97 Å². The number of aliphatic carboxylic acids is 1. The van der Waals surface area contributed by atoms with Gasteiger partial charge in [-0.2, -0.15) is 0 Å². The second-order valence-corrected chi connectivity index (χ2v) is 9.36. The maximum absolute atomic E-state index is 12.1. The topological polar surface area (TPSA) is 55.8 Å². The first-order valence-corrected chi connectivity index (χ1v) is 9.53. The van der Waals surface area contributed by atoms with Crippen LogP contribution in [0.4, 0.5) is 0 Å². The lowest BCUT2D eigenvalue weighted by Gasteiger charge is -2.66. The number of hydrogen-bond donors (Lipinski definition) is 1. The molecule has 3 aliphatic carbocycles. The maximum Gasteiger partial charge on any atom is 0.309 e. The summed E-state index contributed by atoms with van der Waals surface area (Å²) in [6.07, 6.45) is 8.91. The summed E-state index contributed by atoms with van der Waals surface area (Å²) in [5.41, 5.74) is -0.136. The summed E-state index contributed by atoms with van der Waals surface area (Å²) >= 11 is 0. The molecule has 0 radical (unpaired) electrons. The predicted octanol–water partition coefficient (Wildman–Crippen LogP) is 4.49. The van der Waals surface area contributed by atoms with Gasteiger partial charge in [-0.1, -0.05) is 27.2 Å². The van der Waals surface area contributed by atoms with Gasteiger partial charge in [0, 0.05) is 5.41 Å². The lowest BCUT2D eigenvalue weighted by molar-refractivity contribution is -0.465. The molecule has 2 saturated carbocycles. The molecule has 0 aromatic heterocycles. The van der Waals surface area contributed by atoms with Crippen LogP contribution in [-0.2, 0) is 14.6 Å². The highest BCUT2D eigenvalue weighted by Gasteiger charge is 2.69. The van der Waals surface area contributed by atoms with Gasteiger partial charge < -0.3 is 5.11 Å². The van der Waals surface area contributed by atoms with Gasteiger partial charge in [0.15, 0.2) is 0 Å². The van der Waals surface area contributed by atoms with Crippen molar-refractivity contribution in [3.8, 4) is 0 Å². The average molecular weight is 334 g/mol. The van der Waals surface area contributed by atoms with Crippen LogP contribution < -0.4 is 0 Å². The van der Waals surface area contributed by atoms with Crippen LogP contribution in [-0.4, -0.2) is 22.3 Å². The molecule has 1 N–H and O–H groups in total. The Balaban J connectivity index is 1.81. The summed E-state index contributed by atoms with van der Waals surface area (Å²) in [5, 5.41) is 9.94. The number of hydrogen-bond acceptors (Lipinski definition) is 3. The molecule has 0 aromatic rings. The van der Waals surface area contributed by atoms with Gasteiger partial charge in [-0.25, -0.2) is 9.78 Å². The Kier molecular flexibility index (Phi) is 3.35. The van der Waals surface area contributed by atoms with E-state index in [1.165, 1.54) is 5.57 Å². The number of carbonyl (C=O) groups is 1. The number of fused-ring (bicyclic) bond motifs is 3. The van der Waals surface area contributed by atoms with E-state index in [4.69, 9.17) is 9.78 Å². The zero-order chi connectivity index (χ0) is 17.4. The molecular formula is C20H30O4. The highest BCUT2D eigenvalue weighted by molar-refractivity contribution is 5.75. The standard InChI is InChI=1S/C20H30O4/c1-13(2)19-10-11-20(24-23-19)14(12-19)6-7-15-17(3,16(21)22)8-5-9-18(15,20)4/h12-13,15H,5-11H2,1-4H3,(H,21,22)/t15-,17+,18-,19?,20+/m0/s1. The van der Waals surface area contributed by atoms with E-state index in [1.807, 2.05) is 6.92 Å². The van der Waals surface area contributed by atoms with Gasteiger partial charge in [0.1, 0.15) is 11.2 Å². The minimum atomic E-state index is -0.652. The Hall–Kier alpha value is -0.870. The monoisotopic (exact) mass is 334 g/mol. The van der Waals surface area contributed by atoms with Crippen molar-refractivity contribution in [3.05, 3.63) is 11.6 Å². The van der Waals surface area contributed by atoms with Crippen LogP contribution in [0.15, 0.2) is 11.6 Å². The molecule has 5 rings (SSSR count). The van der Waals surface area contributed by atoms with E-state index < -0.39 is 17.0 Å².